The van der Waals surface area contributed by atoms with Crippen molar-refractivity contribution in [2.45, 2.75) is 31.3 Å². The first-order valence-corrected chi connectivity index (χ1v) is 6.19. The standard InChI is InChI=1S/C14H18O4/c1-18-12-8-6-11(7-9-12)14(17,13(15)16)10-4-2-3-5-10/h6-10,17H,2-5H2,1H3,(H,15,16). The van der Waals surface area contributed by atoms with Gasteiger partial charge in [-0.15, -0.1) is 0 Å². The van der Waals surface area contributed by atoms with E-state index in [1.54, 1.807) is 31.4 Å². The summed E-state index contributed by atoms with van der Waals surface area (Å²) in [6, 6.07) is 6.62. The molecule has 0 saturated heterocycles. The van der Waals surface area contributed by atoms with Crippen LogP contribution in [0.4, 0.5) is 0 Å². The van der Waals surface area contributed by atoms with Crippen molar-refractivity contribution in [1.29, 1.82) is 0 Å². The highest BCUT2D eigenvalue weighted by Crippen LogP contribution is 2.41. The predicted octanol–water partition coefficient (Wildman–Crippen LogP) is 2.16. The molecule has 4 heteroatoms. The maximum atomic E-state index is 11.5. The van der Waals surface area contributed by atoms with Crippen molar-refractivity contribution >= 4 is 5.97 Å². The number of carboxylic acids is 1. The average molecular weight is 250 g/mol. The lowest BCUT2D eigenvalue weighted by atomic mass is 9.80. The molecule has 1 fully saturated rings. The summed E-state index contributed by atoms with van der Waals surface area (Å²) in [5, 5.41) is 20.0. The van der Waals surface area contributed by atoms with E-state index >= 15 is 0 Å². The van der Waals surface area contributed by atoms with Crippen LogP contribution < -0.4 is 4.74 Å². The van der Waals surface area contributed by atoms with Crippen LogP contribution in [0, 0.1) is 5.92 Å². The molecule has 18 heavy (non-hydrogen) atoms. The first kappa shape index (κ1) is 12.9. The molecule has 1 atom stereocenters. The highest BCUT2D eigenvalue weighted by Gasteiger charge is 2.46. The zero-order valence-electron chi connectivity index (χ0n) is 10.4. The lowest BCUT2D eigenvalue weighted by Crippen LogP contribution is -2.42. The van der Waals surface area contributed by atoms with Gasteiger partial charge in [-0.1, -0.05) is 25.0 Å². The van der Waals surface area contributed by atoms with Crippen LogP contribution in [0.5, 0.6) is 5.75 Å². The van der Waals surface area contributed by atoms with E-state index in [0.717, 1.165) is 25.7 Å². The molecule has 0 amide bonds. The SMILES string of the molecule is COc1ccc(C(O)(C(=O)O)C2CCCC2)cc1. The van der Waals surface area contributed by atoms with E-state index in [1.807, 2.05) is 0 Å². The highest BCUT2D eigenvalue weighted by atomic mass is 16.5. The van der Waals surface area contributed by atoms with Crippen LogP contribution >= 0.6 is 0 Å². The Morgan fingerprint density at radius 3 is 2.28 bits per heavy atom. The van der Waals surface area contributed by atoms with Gasteiger partial charge in [0.15, 0.2) is 5.60 Å². The van der Waals surface area contributed by atoms with Crippen molar-refractivity contribution < 1.29 is 19.7 Å². The maximum absolute atomic E-state index is 11.5. The van der Waals surface area contributed by atoms with Crippen LogP contribution in [-0.2, 0) is 10.4 Å². The first-order chi connectivity index (χ1) is 8.59. The van der Waals surface area contributed by atoms with Crippen molar-refractivity contribution in [2.24, 2.45) is 5.92 Å². The average Bonchev–Trinajstić information content (AvgIpc) is 2.92. The Labute approximate surface area is 106 Å². The molecule has 0 spiro atoms. The Bertz CT molecular complexity index is 420. The molecule has 1 aliphatic rings. The second-order valence-corrected chi connectivity index (χ2v) is 4.78. The summed E-state index contributed by atoms with van der Waals surface area (Å²) >= 11 is 0. The van der Waals surface area contributed by atoms with E-state index in [4.69, 9.17) is 4.74 Å². The molecule has 1 aliphatic carbocycles. The quantitative estimate of drug-likeness (QED) is 0.859. The number of aliphatic hydroxyl groups is 1. The van der Waals surface area contributed by atoms with Gasteiger partial charge in [0.1, 0.15) is 5.75 Å². The minimum atomic E-state index is -1.78. The lowest BCUT2D eigenvalue weighted by molar-refractivity contribution is -0.166. The largest absolute Gasteiger partial charge is 0.497 e. The third-order valence-corrected chi connectivity index (χ3v) is 3.80. The maximum Gasteiger partial charge on any atom is 0.340 e. The van der Waals surface area contributed by atoms with Gasteiger partial charge >= 0.3 is 5.97 Å². The first-order valence-electron chi connectivity index (χ1n) is 6.19. The topological polar surface area (TPSA) is 66.8 Å². The van der Waals surface area contributed by atoms with Gasteiger partial charge in [-0.25, -0.2) is 4.79 Å². The number of hydrogen-bond acceptors (Lipinski definition) is 3. The fourth-order valence-electron chi connectivity index (χ4n) is 2.72. The molecular weight excluding hydrogens is 232 g/mol. The number of benzene rings is 1. The molecule has 0 aliphatic heterocycles. The lowest BCUT2D eigenvalue weighted by Gasteiger charge is -2.30. The Balaban J connectivity index is 2.36. The Kier molecular flexibility index (Phi) is 3.57. The van der Waals surface area contributed by atoms with Crippen LogP contribution in [0.1, 0.15) is 31.2 Å². The third-order valence-electron chi connectivity index (χ3n) is 3.80. The highest BCUT2D eigenvalue weighted by molar-refractivity contribution is 5.79. The smallest absolute Gasteiger partial charge is 0.340 e. The van der Waals surface area contributed by atoms with E-state index < -0.39 is 11.6 Å². The second kappa shape index (κ2) is 4.98. The Hall–Kier alpha value is -1.55. The molecular formula is C14H18O4. The predicted molar refractivity (Wildman–Crippen MR) is 66.5 cm³/mol. The van der Waals surface area contributed by atoms with Crippen molar-refractivity contribution in [3.8, 4) is 5.75 Å². The molecule has 0 heterocycles. The van der Waals surface area contributed by atoms with E-state index in [1.165, 1.54) is 0 Å². The fourth-order valence-corrected chi connectivity index (χ4v) is 2.72. The van der Waals surface area contributed by atoms with Crippen molar-refractivity contribution in [2.75, 3.05) is 7.11 Å². The van der Waals surface area contributed by atoms with Gasteiger partial charge in [-0.2, -0.15) is 0 Å². The summed E-state index contributed by atoms with van der Waals surface area (Å²) in [6.45, 7) is 0. The van der Waals surface area contributed by atoms with Crippen LogP contribution in [0.3, 0.4) is 0 Å². The molecule has 4 nitrogen and oxygen atoms in total. The molecule has 0 bridgehead atoms. The molecule has 1 unspecified atom stereocenters. The van der Waals surface area contributed by atoms with Crippen LogP contribution in [0.2, 0.25) is 0 Å². The molecule has 1 saturated carbocycles. The number of carboxylic acid groups (broad SMARTS) is 1. The van der Waals surface area contributed by atoms with Crippen molar-refractivity contribution in [3.63, 3.8) is 0 Å². The normalized spacial score (nSPS) is 19.4. The minimum absolute atomic E-state index is 0.205. The summed E-state index contributed by atoms with van der Waals surface area (Å²) in [6.07, 6.45) is 3.48. The number of hydrogen-bond donors (Lipinski definition) is 2. The van der Waals surface area contributed by atoms with Gasteiger partial charge in [0.2, 0.25) is 0 Å². The summed E-state index contributed by atoms with van der Waals surface area (Å²) in [5.41, 5.74) is -1.34. The van der Waals surface area contributed by atoms with E-state index in [-0.39, 0.29) is 5.92 Å². The Morgan fingerprint density at radius 1 is 1.28 bits per heavy atom. The number of methoxy groups -OCH3 is 1. The van der Waals surface area contributed by atoms with Gasteiger partial charge in [0.25, 0.3) is 0 Å². The van der Waals surface area contributed by atoms with E-state index in [0.29, 0.717) is 11.3 Å². The van der Waals surface area contributed by atoms with Gasteiger partial charge < -0.3 is 14.9 Å². The molecule has 1 aromatic carbocycles. The van der Waals surface area contributed by atoms with E-state index in [2.05, 4.69) is 0 Å². The van der Waals surface area contributed by atoms with Gasteiger partial charge in [-0.05, 0) is 30.5 Å². The number of carbonyl (C=O) groups is 1. The third kappa shape index (κ3) is 2.08. The van der Waals surface area contributed by atoms with Gasteiger partial charge in [-0.3, -0.25) is 0 Å². The molecule has 2 rings (SSSR count). The monoisotopic (exact) mass is 250 g/mol. The summed E-state index contributed by atoms with van der Waals surface area (Å²) in [5.74, 6) is -0.721. The number of ether oxygens (including phenoxy) is 1. The zero-order chi connectivity index (χ0) is 13.2. The fraction of sp³-hybridized carbons (Fsp3) is 0.500. The van der Waals surface area contributed by atoms with E-state index in [9.17, 15) is 15.0 Å². The Morgan fingerprint density at radius 2 is 1.83 bits per heavy atom. The molecule has 0 aromatic heterocycles. The van der Waals surface area contributed by atoms with Crippen molar-refractivity contribution in [1.82, 2.24) is 0 Å². The van der Waals surface area contributed by atoms with Crippen molar-refractivity contribution in [3.05, 3.63) is 29.8 Å². The molecule has 1 aromatic rings. The molecule has 2 N–H and O–H groups in total. The molecule has 0 radical (unpaired) electrons. The number of aliphatic carboxylic acids is 1. The zero-order valence-corrected chi connectivity index (χ0v) is 10.4. The van der Waals surface area contributed by atoms with Crippen LogP contribution in [0.15, 0.2) is 24.3 Å². The van der Waals surface area contributed by atoms with Gasteiger partial charge in [0.05, 0.1) is 7.11 Å². The van der Waals surface area contributed by atoms with Crippen LogP contribution in [-0.4, -0.2) is 23.3 Å². The summed E-state index contributed by atoms with van der Waals surface area (Å²) < 4.78 is 5.04. The molecule has 98 valence electrons. The summed E-state index contributed by atoms with van der Waals surface area (Å²) in [7, 11) is 1.55. The minimum Gasteiger partial charge on any atom is -0.497 e. The summed E-state index contributed by atoms with van der Waals surface area (Å²) in [4.78, 5) is 11.5. The number of rotatable bonds is 4. The van der Waals surface area contributed by atoms with Gasteiger partial charge in [0, 0.05) is 5.92 Å². The second-order valence-electron chi connectivity index (χ2n) is 4.78. The van der Waals surface area contributed by atoms with Crippen LogP contribution in [0.25, 0.3) is 0 Å².